The van der Waals surface area contributed by atoms with Gasteiger partial charge in [0, 0.05) is 12.6 Å². The number of aliphatic hydroxyl groups excluding tert-OH is 1. The molecule has 0 unspecified atom stereocenters. The summed E-state index contributed by atoms with van der Waals surface area (Å²) in [6.45, 7) is 0. The number of benzene rings is 1. The minimum Gasteiger partial charge on any atom is -0.391 e. The van der Waals surface area contributed by atoms with Crippen LogP contribution in [0.15, 0.2) is 36.5 Å². The molecule has 1 saturated carbocycles. The van der Waals surface area contributed by atoms with Crippen molar-refractivity contribution < 1.29 is 5.11 Å². The summed E-state index contributed by atoms with van der Waals surface area (Å²) >= 11 is 0. The number of rotatable bonds is 3. The van der Waals surface area contributed by atoms with Crippen molar-refractivity contribution in [1.82, 2.24) is 15.0 Å². The van der Waals surface area contributed by atoms with E-state index in [2.05, 4.69) is 22.4 Å². The third kappa shape index (κ3) is 3.07. The van der Waals surface area contributed by atoms with Crippen molar-refractivity contribution in [2.45, 2.75) is 50.7 Å². The Labute approximate surface area is 119 Å². The minimum absolute atomic E-state index is 0.0922. The molecule has 2 aromatic rings. The fourth-order valence-electron chi connectivity index (χ4n) is 2.94. The van der Waals surface area contributed by atoms with Crippen molar-refractivity contribution in [2.75, 3.05) is 0 Å². The number of nitrogens with zero attached hydrogens (tertiary/aromatic N) is 3. The van der Waals surface area contributed by atoms with Crippen LogP contribution in [0.4, 0.5) is 0 Å². The summed E-state index contributed by atoms with van der Waals surface area (Å²) in [6, 6.07) is 10.4. The summed E-state index contributed by atoms with van der Waals surface area (Å²) in [5.41, 5.74) is 2.20. The van der Waals surface area contributed by atoms with E-state index in [0.717, 1.165) is 37.8 Å². The smallest absolute Gasteiger partial charge is 0.0871 e. The van der Waals surface area contributed by atoms with Crippen LogP contribution in [0.25, 0.3) is 0 Å². The highest BCUT2D eigenvalue weighted by molar-refractivity contribution is 5.19. The maximum atomic E-state index is 10.2. The van der Waals surface area contributed by atoms with Gasteiger partial charge in [-0.15, -0.1) is 5.10 Å². The Morgan fingerprint density at radius 2 is 1.90 bits per heavy atom. The Morgan fingerprint density at radius 1 is 1.10 bits per heavy atom. The summed E-state index contributed by atoms with van der Waals surface area (Å²) in [7, 11) is 0. The average molecular weight is 271 g/mol. The van der Waals surface area contributed by atoms with Gasteiger partial charge in [-0.25, -0.2) is 4.68 Å². The molecule has 1 aliphatic carbocycles. The maximum Gasteiger partial charge on any atom is 0.0871 e. The lowest BCUT2D eigenvalue weighted by Gasteiger charge is -2.19. The number of aromatic nitrogens is 3. The van der Waals surface area contributed by atoms with Gasteiger partial charge in [-0.2, -0.15) is 0 Å². The van der Waals surface area contributed by atoms with E-state index in [4.69, 9.17) is 0 Å². The second-order valence-corrected chi connectivity index (χ2v) is 5.62. The molecule has 0 spiro atoms. The van der Waals surface area contributed by atoms with Crippen molar-refractivity contribution in [3.05, 3.63) is 47.8 Å². The Bertz CT molecular complexity index is 538. The van der Waals surface area contributed by atoms with E-state index in [0.29, 0.717) is 0 Å². The lowest BCUT2D eigenvalue weighted by Crippen LogP contribution is -2.23. The Kier molecular flexibility index (Phi) is 4.11. The average Bonchev–Trinajstić information content (AvgIpc) is 2.81. The highest BCUT2D eigenvalue weighted by Crippen LogP contribution is 2.27. The molecule has 1 aromatic carbocycles. The van der Waals surface area contributed by atoms with Gasteiger partial charge in [-0.05, 0) is 18.4 Å². The Balaban J connectivity index is 1.72. The SMILES string of the molecule is O[C@H]1CCCCC[C@H]1n1cc(Cc2ccccc2)nn1. The molecule has 1 fully saturated rings. The van der Waals surface area contributed by atoms with Crippen LogP contribution < -0.4 is 0 Å². The molecule has 1 aliphatic rings. The topological polar surface area (TPSA) is 50.9 Å². The molecule has 0 aliphatic heterocycles. The van der Waals surface area contributed by atoms with Gasteiger partial charge in [0.2, 0.25) is 0 Å². The first-order valence-corrected chi connectivity index (χ1v) is 7.45. The van der Waals surface area contributed by atoms with E-state index in [1.807, 2.05) is 29.1 Å². The van der Waals surface area contributed by atoms with E-state index in [1.54, 1.807) is 0 Å². The van der Waals surface area contributed by atoms with Gasteiger partial charge in [-0.1, -0.05) is 54.8 Å². The Morgan fingerprint density at radius 3 is 2.75 bits per heavy atom. The largest absolute Gasteiger partial charge is 0.391 e. The van der Waals surface area contributed by atoms with Crippen molar-refractivity contribution in [3.63, 3.8) is 0 Å². The second kappa shape index (κ2) is 6.18. The Hall–Kier alpha value is -1.68. The van der Waals surface area contributed by atoms with Crippen LogP contribution in [0.3, 0.4) is 0 Å². The predicted molar refractivity (Wildman–Crippen MR) is 77.4 cm³/mol. The first-order chi connectivity index (χ1) is 9.83. The van der Waals surface area contributed by atoms with Gasteiger partial charge in [0.25, 0.3) is 0 Å². The molecule has 0 radical (unpaired) electrons. The van der Waals surface area contributed by atoms with Gasteiger partial charge < -0.3 is 5.11 Å². The molecule has 1 N–H and O–H groups in total. The predicted octanol–water partition coefficient (Wildman–Crippen LogP) is 2.74. The van der Waals surface area contributed by atoms with Crippen LogP contribution in [0.1, 0.15) is 49.4 Å². The molecule has 2 atom stereocenters. The third-order valence-electron chi connectivity index (χ3n) is 4.07. The first kappa shape index (κ1) is 13.3. The van der Waals surface area contributed by atoms with Crippen LogP contribution >= 0.6 is 0 Å². The molecule has 3 rings (SSSR count). The van der Waals surface area contributed by atoms with E-state index in [9.17, 15) is 5.11 Å². The van der Waals surface area contributed by atoms with Gasteiger partial charge in [0.15, 0.2) is 0 Å². The molecule has 0 saturated heterocycles. The van der Waals surface area contributed by atoms with E-state index in [-0.39, 0.29) is 12.1 Å². The summed E-state index contributed by atoms with van der Waals surface area (Å²) in [6.07, 6.45) is 7.85. The zero-order chi connectivity index (χ0) is 13.8. The van der Waals surface area contributed by atoms with Gasteiger partial charge in [0.05, 0.1) is 17.8 Å². The molecule has 1 aromatic heterocycles. The van der Waals surface area contributed by atoms with Gasteiger partial charge >= 0.3 is 0 Å². The van der Waals surface area contributed by atoms with Crippen LogP contribution in [-0.2, 0) is 6.42 Å². The summed E-state index contributed by atoms with van der Waals surface area (Å²) < 4.78 is 1.87. The number of hydrogen-bond donors (Lipinski definition) is 1. The molecule has 0 bridgehead atoms. The highest BCUT2D eigenvalue weighted by Gasteiger charge is 2.24. The summed E-state index contributed by atoms with van der Waals surface area (Å²) in [5.74, 6) is 0. The normalized spacial score (nSPS) is 23.4. The van der Waals surface area contributed by atoms with Crippen LogP contribution in [0.5, 0.6) is 0 Å². The molecular weight excluding hydrogens is 250 g/mol. The molecule has 106 valence electrons. The quantitative estimate of drug-likeness (QED) is 0.873. The second-order valence-electron chi connectivity index (χ2n) is 5.62. The maximum absolute atomic E-state index is 10.2. The zero-order valence-corrected chi connectivity index (χ0v) is 11.7. The van der Waals surface area contributed by atoms with E-state index >= 15 is 0 Å². The standard InChI is InChI=1S/C16H21N3O/c20-16-10-6-2-5-9-15(16)19-12-14(17-18-19)11-13-7-3-1-4-8-13/h1,3-4,7-8,12,15-16,20H,2,5-6,9-11H2/t15-,16+/m1/s1. The van der Waals surface area contributed by atoms with E-state index < -0.39 is 0 Å². The fraction of sp³-hybridized carbons (Fsp3) is 0.500. The summed E-state index contributed by atoms with van der Waals surface area (Å²) in [5, 5.41) is 18.7. The lowest BCUT2D eigenvalue weighted by molar-refractivity contribution is 0.0980. The minimum atomic E-state index is -0.288. The van der Waals surface area contributed by atoms with Crippen molar-refractivity contribution in [2.24, 2.45) is 0 Å². The molecular formula is C16H21N3O. The molecule has 4 nitrogen and oxygen atoms in total. The highest BCUT2D eigenvalue weighted by atomic mass is 16.3. The van der Waals surface area contributed by atoms with Crippen LogP contribution in [0, 0.1) is 0 Å². The molecule has 0 amide bonds. The first-order valence-electron chi connectivity index (χ1n) is 7.45. The lowest BCUT2D eigenvalue weighted by atomic mass is 10.1. The fourth-order valence-corrected chi connectivity index (χ4v) is 2.94. The van der Waals surface area contributed by atoms with Crippen molar-refractivity contribution >= 4 is 0 Å². The van der Waals surface area contributed by atoms with Crippen LogP contribution in [0.2, 0.25) is 0 Å². The monoisotopic (exact) mass is 271 g/mol. The van der Waals surface area contributed by atoms with Gasteiger partial charge in [0.1, 0.15) is 0 Å². The number of hydrogen-bond acceptors (Lipinski definition) is 3. The third-order valence-corrected chi connectivity index (χ3v) is 4.07. The molecule has 20 heavy (non-hydrogen) atoms. The van der Waals surface area contributed by atoms with Crippen molar-refractivity contribution in [3.8, 4) is 0 Å². The number of aliphatic hydroxyl groups is 1. The van der Waals surface area contributed by atoms with Crippen LogP contribution in [-0.4, -0.2) is 26.2 Å². The van der Waals surface area contributed by atoms with E-state index in [1.165, 1.54) is 12.0 Å². The molecule has 1 heterocycles. The molecule has 4 heteroatoms. The van der Waals surface area contributed by atoms with Gasteiger partial charge in [-0.3, -0.25) is 0 Å². The zero-order valence-electron chi connectivity index (χ0n) is 11.7. The summed E-state index contributed by atoms with van der Waals surface area (Å²) in [4.78, 5) is 0. The van der Waals surface area contributed by atoms with Crippen molar-refractivity contribution in [1.29, 1.82) is 0 Å².